The number of carbonyl (C=O) groups excluding carboxylic acids is 1. The zero-order chi connectivity index (χ0) is 11.4. The van der Waals surface area contributed by atoms with E-state index in [9.17, 15) is 4.79 Å². The smallest absolute Gasteiger partial charge is 0.234 e. The van der Waals surface area contributed by atoms with E-state index in [4.69, 9.17) is 17.3 Å². The number of nitrogens with one attached hydrogen (secondary N) is 1. The molecule has 0 atom stereocenters. The van der Waals surface area contributed by atoms with Crippen molar-refractivity contribution in [3.8, 4) is 0 Å². The van der Waals surface area contributed by atoms with E-state index in [-0.39, 0.29) is 29.7 Å². The SMILES string of the molecule is CC(C)C(N)(CNC(=O)CCl)C(C)C.Cl. The maximum atomic E-state index is 11.0. The van der Waals surface area contributed by atoms with Crippen LogP contribution in [0.1, 0.15) is 27.7 Å². The maximum Gasteiger partial charge on any atom is 0.234 e. The molecule has 0 aromatic carbocycles. The second-order valence-electron chi connectivity index (χ2n) is 4.33. The molecule has 0 radical (unpaired) electrons. The zero-order valence-electron chi connectivity index (χ0n) is 9.84. The third-order valence-electron chi connectivity index (χ3n) is 2.86. The molecule has 3 N–H and O–H groups in total. The minimum absolute atomic E-state index is 0. The van der Waals surface area contributed by atoms with Gasteiger partial charge in [-0.25, -0.2) is 0 Å². The van der Waals surface area contributed by atoms with Gasteiger partial charge < -0.3 is 11.1 Å². The molecule has 1 amide bonds. The average Bonchev–Trinajstić information content (AvgIpc) is 2.12. The van der Waals surface area contributed by atoms with Crippen LogP contribution in [0.5, 0.6) is 0 Å². The standard InChI is InChI=1S/C10H21ClN2O.ClH/c1-7(2)10(12,8(3)4)6-13-9(14)5-11;/h7-8H,5-6,12H2,1-4H3,(H,13,14);1H. The van der Waals surface area contributed by atoms with Crippen molar-refractivity contribution in [3.05, 3.63) is 0 Å². The van der Waals surface area contributed by atoms with E-state index >= 15 is 0 Å². The molecule has 0 aromatic heterocycles. The highest BCUT2D eigenvalue weighted by molar-refractivity contribution is 6.27. The largest absolute Gasteiger partial charge is 0.353 e. The molecule has 3 nitrogen and oxygen atoms in total. The molecule has 15 heavy (non-hydrogen) atoms. The van der Waals surface area contributed by atoms with Gasteiger partial charge in [-0.15, -0.1) is 24.0 Å². The molecule has 0 aliphatic heterocycles. The highest BCUT2D eigenvalue weighted by Crippen LogP contribution is 2.22. The van der Waals surface area contributed by atoms with E-state index in [1.807, 2.05) is 0 Å². The van der Waals surface area contributed by atoms with Crippen LogP contribution in [0, 0.1) is 11.8 Å². The highest BCUT2D eigenvalue weighted by atomic mass is 35.5. The Hall–Kier alpha value is 0.01000. The maximum absolute atomic E-state index is 11.0. The zero-order valence-corrected chi connectivity index (χ0v) is 11.4. The highest BCUT2D eigenvalue weighted by Gasteiger charge is 2.32. The van der Waals surface area contributed by atoms with Gasteiger partial charge in [-0.3, -0.25) is 4.79 Å². The summed E-state index contributed by atoms with van der Waals surface area (Å²) in [7, 11) is 0. The van der Waals surface area contributed by atoms with Crippen molar-refractivity contribution in [3.63, 3.8) is 0 Å². The van der Waals surface area contributed by atoms with Crippen molar-refractivity contribution in [2.24, 2.45) is 17.6 Å². The average molecular weight is 257 g/mol. The summed E-state index contributed by atoms with van der Waals surface area (Å²) in [5.74, 6) is 0.464. The van der Waals surface area contributed by atoms with Crippen LogP contribution in [0.25, 0.3) is 0 Å². The van der Waals surface area contributed by atoms with E-state index in [1.54, 1.807) is 0 Å². The molecule has 5 heteroatoms. The molecule has 0 spiro atoms. The van der Waals surface area contributed by atoms with Gasteiger partial charge in [0.25, 0.3) is 0 Å². The molecule has 92 valence electrons. The number of rotatable bonds is 5. The van der Waals surface area contributed by atoms with Crippen molar-refractivity contribution in [1.29, 1.82) is 0 Å². The second-order valence-corrected chi connectivity index (χ2v) is 4.60. The van der Waals surface area contributed by atoms with E-state index in [0.29, 0.717) is 18.4 Å². The predicted octanol–water partition coefficient (Wildman–Crippen LogP) is 1.77. The first kappa shape index (κ1) is 17.4. The topological polar surface area (TPSA) is 55.1 Å². The molecule has 0 aliphatic carbocycles. The van der Waals surface area contributed by atoms with Gasteiger partial charge in [0, 0.05) is 12.1 Å². The van der Waals surface area contributed by atoms with Gasteiger partial charge in [-0.2, -0.15) is 0 Å². The lowest BCUT2D eigenvalue weighted by atomic mass is 9.78. The van der Waals surface area contributed by atoms with E-state index in [2.05, 4.69) is 33.0 Å². The van der Waals surface area contributed by atoms with Crippen molar-refractivity contribution in [2.75, 3.05) is 12.4 Å². The monoisotopic (exact) mass is 256 g/mol. The summed E-state index contributed by atoms with van der Waals surface area (Å²) < 4.78 is 0. The number of hydrogen-bond acceptors (Lipinski definition) is 2. The lowest BCUT2D eigenvalue weighted by Crippen LogP contribution is -2.57. The number of nitrogens with two attached hydrogens (primary N) is 1. The summed E-state index contributed by atoms with van der Waals surface area (Å²) in [6, 6.07) is 0. The number of hydrogen-bond donors (Lipinski definition) is 2. The van der Waals surface area contributed by atoms with Crippen molar-refractivity contribution in [2.45, 2.75) is 33.2 Å². The summed E-state index contributed by atoms with van der Waals surface area (Å²) in [6.45, 7) is 8.73. The van der Waals surface area contributed by atoms with Crippen molar-refractivity contribution < 1.29 is 4.79 Å². The summed E-state index contributed by atoms with van der Waals surface area (Å²) in [6.07, 6.45) is 0. The van der Waals surface area contributed by atoms with Crippen LogP contribution in [-0.4, -0.2) is 23.9 Å². The van der Waals surface area contributed by atoms with Gasteiger partial charge in [-0.05, 0) is 11.8 Å². The Labute approximate surface area is 104 Å². The molecule has 0 saturated carbocycles. The summed E-state index contributed by atoms with van der Waals surface area (Å²) in [5.41, 5.74) is 5.87. The Kier molecular flexibility index (Phi) is 8.48. The van der Waals surface area contributed by atoms with Crippen LogP contribution in [0.2, 0.25) is 0 Å². The van der Waals surface area contributed by atoms with Gasteiger partial charge >= 0.3 is 0 Å². The predicted molar refractivity (Wildman–Crippen MR) is 67.6 cm³/mol. The summed E-state index contributed by atoms with van der Waals surface area (Å²) >= 11 is 5.39. The number of alkyl halides is 1. The minimum atomic E-state index is -0.359. The van der Waals surface area contributed by atoms with Gasteiger partial charge in [0.2, 0.25) is 5.91 Å². The Morgan fingerprint density at radius 3 is 2.00 bits per heavy atom. The first-order valence-corrected chi connectivity index (χ1v) is 5.49. The molecule has 0 aliphatic rings. The first-order chi connectivity index (χ1) is 6.34. The fourth-order valence-corrected chi connectivity index (χ4v) is 1.47. The van der Waals surface area contributed by atoms with Crippen LogP contribution >= 0.6 is 24.0 Å². The molecule has 0 saturated heterocycles. The Bertz CT molecular complexity index is 188. The van der Waals surface area contributed by atoms with E-state index in [0.717, 1.165) is 0 Å². The van der Waals surface area contributed by atoms with Gasteiger partial charge in [0.15, 0.2) is 0 Å². The molecular formula is C10H22Cl2N2O. The minimum Gasteiger partial charge on any atom is -0.353 e. The van der Waals surface area contributed by atoms with Gasteiger partial charge in [-0.1, -0.05) is 27.7 Å². The third-order valence-corrected chi connectivity index (χ3v) is 3.11. The molecule has 0 unspecified atom stereocenters. The van der Waals surface area contributed by atoms with Crippen LogP contribution in [0.3, 0.4) is 0 Å². The van der Waals surface area contributed by atoms with Crippen LogP contribution in [0.15, 0.2) is 0 Å². The quantitative estimate of drug-likeness (QED) is 0.737. The van der Waals surface area contributed by atoms with E-state index in [1.165, 1.54) is 0 Å². The molecule has 0 aromatic rings. The Morgan fingerprint density at radius 2 is 1.73 bits per heavy atom. The van der Waals surface area contributed by atoms with Crippen LogP contribution < -0.4 is 11.1 Å². The second kappa shape index (κ2) is 7.31. The Balaban J connectivity index is 0. The van der Waals surface area contributed by atoms with Crippen LogP contribution in [0.4, 0.5) is 0 Å². The molecule has 0 fully saturated rings. The lowest BCUT2D eigenvalue weighted by molar-refractivity contribution is -0.119. The number of carbonyl (C=O) groups is 1. The first-order valence-electron chi connectivity index (χ1n) is 4.96. The molecule has 0 heterocycles. The number of halogens is 2. The van der Waals surface area contributed by atoms with Gasteiger partial charge in [0.1, 0.15) is 5.88 Å². The fraction of sp³-hybridized carbons (Fsp3) is 0.900. The molecular weight excluding hydrogens is 235 g/mol. The summed E-state index contributed by atoms with van der Waals surface area (Å²) in [4.78, 5) is 11.0. The van der Waals surface area contributed by atoms with Crippen molar-refractivity contribution >= 4 is 29.9 Å². The Morgan fingerprint density at radius 1 is 1.33 bits per heavy atom. The van der Waals surface area contributed by atoms with E-state index < -0.39 is 0 Å². The van der Waals surface area contributed by atoms with Crippen LogP contribution in [-0.2, 0) is 4.79 Å². The van der Waals surface area contributed by atoms with Crippen molar-refractivity contribution in [1.82, 2.24) is 5.32 Å². The number of amides is 1. The lowest BCUT2D eigenvalue weighted by Gasteiger charge is -2.37. The van der Waals surface area contributed by atoms with Gasteiger partial charge in [0.05, 0.1) is 0 Å². The summed E-state index contributed by atoms with van der Waals surface area (Å²) in [5, 5.41) is 2.74. The molecule has 0 rings (SSSR count). The molecule has 0 bridgehead atoms. The normalized spacial score (nSPS) is 11.5. The third kappa shape index (κ3) is 5.05. The fourth-order valence-electron chi connectivity index (χ4n) is 1.37.